The van der Waals surface area contributed by atoms with Crippen molar-refractivity contribution in [1.29, 1.82) is 0 Å². The first-order valence-corrected chi connectivity index (χ1v) is 9.56. The molecule has 26 heavy (non-hydrogen) atoms. The molecule has 1 aromatic rings. The van der Waals surface area contributed by atoms with Crippen molar-refractivity contribution in [3.63, 3.8) is 0 Å². The molecular weight excluding hydrogens is 332 g/mol. The highest BCUT2D eigenvalue weighted by molar-refractivity contribution is 5.79. The van der Waals surface area contributed by atoms with Gasteiger partial charge in [-0.3, -0.25) is 14.5 Å². The third kappa shape index (κ3) is 5.17. The number of carboxylic acid groups (broad SMARTS) is 1. The van der Waals surface area contributed by atoms with Gasteiger partial charge >= 0.3 is 5.97 Å². The average molecular weight is 360 g/mol. The fourth-order valence-corrected chi connectivity index (χ4v) is 3.68. The molecule has 1 atom stereocenters. The number of carboxylic acids is 1. The average Bonchev–Trinajstić information content (AvgIpc) is 3.09. The number of anilines is 1. The number of hydrogen-bond acceptors (Lipinski definition) is 5. The largest absolute Gasteiger partial charge is 0.480 e. The van der Waals surface area contributed by atoms with Crippen molar-refractivity contribution < 1.29 is 14.7 Å². The molecule has 1 amide bonds. The summed E-state index contributed by atoms with van der Waals surface area (Å²) in [6, 6.07) is 4.29. The van der Waals surface area contributed by atoms with Gasteiger partial charge in [-0.25, -0.2) is 4.98 Å². The summed E-state index contributed by atoms with van der Waals surface area (Å²) in [5.74, 6) is 0.169. The van der Waals surface area contributed by atoms with Crippen LogP contribution in [-0.4, -0.2) is 59.6 Å². The number of hydrogen-bond donors (Lipinski definition) is 3. The topological polar surface area (TPSA) is 94.6 Å². The standard InChI is InChI=1S/C19H28N4O3/c24-17(25)13-23-11-8-15(12-23)19(26)21-9-2-1-5-16-7-6-14-4-3-10-20-18(14)22-16/h6-7,15H,1-5,8-13H2,(H,20,22)(H,21,26)(H,24,25). The van der Waals surface area contributed by atoms with Gasteiger partial charge in [0.15, 0.2) is 0 Å². The Morgan fingerprint density at radius 3 is 3.08 bits per heavy atom. The Kier molecular flexibility index (Phi) is 6.44. The lowest BCUT2D eigenvalue weighted by molar-refractivity contribution is -0.138. The molecule has 3 N–H and O–H groups in total. The van der Waals surface area contributed by atoms with Gasteiger partial charge in [0, 0.05) is 25.3 Å². The molecule has 7 heteroatoms. The lowest BCUT2D eigenvalue weighted by atomic mass is 10.1. The van der Waals surface area contributed by atoms with Gasteiger partial charge < -0.3 is 15.7 Å². The molecular formula is C19H28N4O3. The van der Waals surface area contributed by atoms with Crippen LogP contribution >= 0.6 is 0 Å². The van der Waals surface area contributed by atoms with Crippen molar-refractivity contribution in [1.82, 2.24) is 15.2 Å². The SMILES string of the molecule is O=C(O)CN1CCC(C(=O)NCCCCc2ccc3c(n2)NCCC3)C1. The Bertz CT molecular complexity index is 650. The van der Waals surface area contributed by atoms with Gasteiger partial charge in [-0.15, -0.1) is 0 Å². The number of nitrogens with zero attached hydrogens (tertiary/aromatic N) is 2. The number of carbonyl (C=O) groups is 2. The number of amides is 1. The van der Waals surface area contributed by atoms with E-state index in [0.717, 1.165) is 50.2 Å². The van der Waals surface area contributed by atoms with Crippen LogP contribution in [0.5, 0.6) is 0 Å². The van der Waals surface area contributed by atoms with Crippen LogP contribution in [0.1, 0.15) is 36.9 Å². The number of likely N-dealkylation sites (tertiary alicyclic amines) is 1. The summed E-state index contributed by atoms with van der Waals surface area (Å²) in [4.78, 5) is 29.4. The van der Waals surface area contributed by atoms with Gasteiger partial charge in [-0.1, -0.05) is 6.07 Å². The van der Waals surface area contributed by atoms with E-state index in [-0.39, 0.29) is 18.4 Å². The van der Waals surface area contributed by atoms with Crippen molar-refractivity contribution in [2.75, 3.05) is 38.0 Å². The molecule has 1 aromatic heterocycles. The molecule has 1 saturated heterocycles. The maximum atomic E-state index is 12.2. The fraction of sp³-hybridized carbons (Fsp3) is 0.632. The van der Waals surface area contributed by atoms with E-state index in [0.29, 0.717) is 19.6 Å². The summed E-state index contributed by atoms with van der Waals surface area (Å²) in [6.07, 6.45) is 5.84. The molecule has 0 radical (unpaired) electrons. The van der Waals surface area contributed by atoms with E-state index in [9.17, 15) is 9.59 Å². The predicted octanol–water partition coefficient (Wildman–Crippen LogP) is 1.29. The molecule has 1 unspecified atom stereocenters. The minimum absolute atomic E-state index is 0.0203. The molecule has 142 valence electrons. The molecule has 0 saturated carbocycles. The number of pyridine rings is 1. The summed E-state index contributed by atoms with van der Waals surface area (Å²) in [5.41, 5.74) is 2.41. The van der Waals surface area contributed by atoms with Gasteiger partial charge in [0.25, 0.3) is 0 Å². The molecule has 3 heterocycles. The zero-order chi connectivity index (χ0) is 18.4. The van der Waals surface area contributed by atoms with Gasteiger partial charge in [0.2, 0.25) is 5.91 Å². The number of nitrogens with one attached hydrogen (secondary N) is 2. The number of fused-ring (bicyclic) bond motifs is 1. The quantitative estimate of drug-likeness (QED) is 0.605. The van der Waals surface area contributed by atoms with Crippen LogP contribution in [0, 0.1) is 5.92 Å². The van der Waals surface area contributed by atoms with Crippen molar-refractivity contribution in [3.05, 3.63) is 23.4 Å². The molecule has 2 aliphatic rings. The summed E-state index contributed by atoms with van der Waals surface area (Å²) < 4.78 is 0. The van der Waals surface area contributed by atoms with Gasteiger partial charge in [0.05, 0.1) is 12.5 Å². The van der Waals surface area contributed by atoms with Gasteiger partial charge in [0.1, 0.15) is 5.82 Å². The van der Waals surface area contributed by atoms with E-state index in [1.165, 1.54) is 12.0 Å². The summed E-state index contributed by atoms with van der Waals surface area (Å²) in [6.45, 7) is 2.91. The number of aromatic nitrogens is 1. The predicted molar refractivity (Wildman–Crippen MR) is 99.2 cm³/mol. The third-order valence-corrected chi connectivity index (χ3v) is 5.11. The highest BCUT2D eigenvalue weighted by Gasteiger charge is 2.28. The van der Waals surface area contributed by atoms with Crippen molar-refractivity contribution in [2.45, 2.75) is 38.5 Å². The second-order valence-corrected chi connectivity index (χ2v) is 7.20. The lowest BCUT2D eigenvalue weighted by Gasteiger charge is -2.17. The molecule has 0 aromatic carbocycles. The Morgan fingerprint density at radius 2 is 2.23 bits per heavy atom. The normalized spacial score (nSPS) is 19.6. The van der Waals surface area contributed by atoms with Crippen LogP contribution in [-0.2, 0) is 22.4 Å². The van der Waals surface area contributed by atoms with Crippen molar-refractivity contribution in [3.8, 4) is 0 Å². The van der Waals surface area contributed by atoms with Crippen molar-refractivity contribution >= 4 is 17.7 Å². The highest BCUT2D eigenvalue weighted by atomic mass is 16.4. The van der Waals surface area contributed by atoms with Gasteiger partial charge in [-0.2, -0.15) is 0 Å². The van der Waals surface area contributed by atoms with Gasteiger partial charge in [-0.05, 0) is 56.7 Å². The summed E-state index contributed by atoms with van der Waals surface area (Å²) in [5, 5.41) is 15.2. The Labute approximate surface area is 154 Å². The molecule has 3 rings (SSSR count). The Hall–Kier alpha value is -2.15. The molecule has 0 bridgehead atoms. The smallest absolute Gasteiger partial charge is 0.317 e. The van der Waals surface area contributed by atoms with Crippen LogP contribution < -0.4 is 10.6 Å². The van der Waals surface area contributed by atoms with E-state index in [2.05, 4.69) is 27.8 Å². The Morgan fingerprint density at radius 1 is 1.35 bits per heavy atom. The zero-order valence-electron chi connectivity index (χ0n) is 15.2. The second-order valence-electron chi connectivity index (χ2n) is 7.20. The number of unbranched alkanes of at least 4 members (excludes halogenated alkanes) is 1. The lowest BCUT2D eigenvalue weighted by Crippen LogP contribution is -2.34. The second kappa shape index (κ2) is 8.98. The van der Waals surface area contributed by atoms with E-state index < -0.39 is 5.97 Å². The number of aryl methyl sites for hydroxylation is 2. The molecule has 7 nitrogen and oxygen atoms in total. The number of carbonyl (C=O) groups excluding carboxylic acids is 1. The highest BCUT2D eigenvalue weighted by Crippen LogP contribution is 2.20. The van der Waals surface area contributed by atoms with E-state index in [1.54, 1.807) is 0 Å². The van der Waals surface area contributed by atoms with Crippen LogP contribution in [0.3, 0.4) is 0 Å². The van der Waals surface area contributed by atoms with Crippen LogP contribution in [0.25, 0.3) is 0 Å². The molecule has 1 fully saturated rings. The van der Waals surface area contributed by atoms with E-state index >= 15 is 0 Å². The van der Waals surface area contributed by atoms with E-state index in [4.69, 9.17) is 5.11 Å². The first-order chi connectivity index (χ1) is 12.6. The first kappa shape index (κ1) is 18.6. The number of rotatable bonds is 8. The third-order valence-electron chi connectivity index (χ3n) is 5.11. The van der Waals surface area contributed by atoms with Crippen LogP contribution in [0.15, 0.2) is 12.1 Å². The minimum atomic E-state index is -0.836. The molecule has 0 aliphatic carbocycles. The molecule has 0 spiro atoms. The Balaban J connectivity index is 1.32. The maximum absolute atomic E-state index is 12.2. The monoisotopic (exact) mass is 360 g/mol. The minimum Gasteiger partial charge on any atom is -0.480 e. The van der Waals surface area contributed by atoms with Crippen LogP contribution in [0.4, 0.5) is 5.82 Å². The summed E-state index contributed by atoms with van der Waals surface area (Å²) >= 11 is 0. The molecule has 2 aliphatic heterocycles. The number of aliphatic carboxylic acids is 1. The summed E-state index contributed by atoms with van der Waals surface area (Å²) in [7, 11) is 0. The van der Waals surface area contributed by atoms with Crippen molar-refractivity contribution in [2.24, 2.45) is 5.92 Å². The zero-order valence-corrected chi connectivity index (χ0v) is 15.2. The maximum Gasteiger partial charge on any atom is 0.317 e. The first-order valence-electron chi connectivity index (χ1n) is 9.56. The van der Waals surface area contributed by atoms with Crippen LogP contribution in [0.2, 0.25) is 0 Å². The fourth-order valence-electron chi connectivity index (χ4n) is 3.68. The van der Waals surface area contributed by atoms with E-state index in [1.807, 2.05) is 4.90 Å².